The molecule has 4 rings (SSSR count). The number of ketones is 2. The van der Waals surface area contributed by atoms with Gasteiger partial charge in [-0.05, 0) is 74.7 Å². The fourth-order valence-corrected chi connectivity index (χ4v) is 8.15. The summed E-state index contributed by atoms with van der Waals surface area (Å²) >= 11 is 0. The maximum atomic E-state index is 12.9. The molecule has 4 aliphatic carbocycles. The number of carbonyl (C=O) groups excluding carboxylic acids is 3. The van der Waals surface area contributed by atoms with Crippen molar-refractivity contribution in [3.63, 3.8) is 0 Å². The molecule has 0 radical (unpaired) electrons. The van der Waals surface area contributed by atoms with Gasteiger partial charge in [0, 0.05) is 24.7 Å². The summed E-state index contributed by atoms with van der Waals surface area (Å²) in [6.07, 6.45) is 8.52. The molecule has 0 spiro atoms. The van der Waals surface area contributed by atoms with E-state index in [1.54, 1.807) is 6.92 Å². The molecule has 154 valence electrons. The van der Waals surface area contributed by atoms with Crippen molar-refractivity contribution in [1.29, 1.82) is 0 Å². The van der Waals surface area contributed by atoms with Crippen molar-refractivity contribution < 1.29 is 19.1 Å². The second-order valence-corrected chi connectivity index (χ2v) is 10.4. The summed E-state index contributed by atoms with van der Waals surface area (Å²) < 4.78 is 5.93. The predicted octanol–water partition coefficient (Wildman–Crippen LogP) is 4.66. The molecule has 0 saturated heterocycles. The molecule has 0 aromatic rings. The van der Waals surface area contributed by atoms with Crippen LogP contribution in [-0.2, 0) is 19.1 Å². The maximum absolute atomic E-state index is 12.9. The van der Waals surface area contributed by atoms with Gasteiger partial charge in [0.05, 0.1) is 0 Å². The monoisotopic (exact) mass is 386 g/mol. The number of allylic oxidation sites excluding steroid dienone is 1. The molecule has 4 aliphatic rings. The van der Waals surface area contributed by atoms with Gasteiger partial charge in [-0.2, -0.15) is 0 Å². The summed E-state index contributed by atoms with van der Waals surface area (Å²) in [4.78, 5) is 36.9. The van der Waals surface area contributed by atoms with E-state index in [1.165, 1.54) is 12.5 Å². The lowest BCUT2D eigenvalue weighted by molar-refractivity contribution is -0.192. The van der Waals surface area contributed by atoms with Crippen LogP contribution in [0.1, 0.15) is 79.6 Å². The molecule has 7 atom stereocenters. The van der Waals surface area contributed by atoms with Crippen LogP contribution in [-0.4, -0.2) is 23.1 Å². The van der Waals surface area contributed by atoms with E-state index in [-0.39, 0.29) is 34.3 Å². The number of Topliss-reactive ketones (excluding diaryl/α,β-unsaturated/α-hetero) is 1. The average Bonchev–Trinajstić information content (AvgIpc) is 2.83. The minimum absolute atomic E-state index is 0.00418. The molecule has 3 fully saturated rings. The van der Waals surface area contributed by atoms with Crippen LogP contribution in [0.5, 0.6) is 0 Å². The van der Waals surface area contributed by atoms with Crippen LogP contribution in [0.15, 0.2) is 11.6 Å². The molecule has 0 N–H and O–H groups in total. The molecular formula is C24H34O4. The van der Waals surface area contributed by atoms with E-state index in [0.29, 0.717) is 24.2 Å². The van der Waals surface area contributed by atoms with Crippen LogP contribution < -0.4 is 0 Å². The highest BCUT2D eigenvalue weighted by molar-refractivity contribution is 5.92. The van der Waals surface area contributed by atoms with E-state index in [4.69, 9.17) is 4.74 Å². The predicted molar refractivity (Wildman–Crippen MR) is 106 cm³/mol. The van der Waals surface area contributed by atoms with Crippen molar-refractivity contribution in [3.05, 3.63) is 11.6 Å². The van der Waals surface area contributed by atoms with Gasteiger partial charge in [-0.3, -0.25) is 14.4 Å². The number of carbonyl (C=O) groups is 3. The van der Waals surface area contributed by atoms with Gasteiger partial charge in [0.15, 0.2) is 17.2 Å². The second kappa shape index (κ2) is 6.27. The van der Waals surface area contributed by atoms with E-state index >= 15 is 0 Å². The molecule has 0 unspecified atom stereocenters. The fraction of sp³-hybridized carbons (Fsp3) is 0.792. The minimum Gasteiger partial charge on any atom is -0.450 e. The summed E-state index contributed by atoms with van der Waals surface area (Å²) in [5.41, 5.74) is 0.184. The quantitative estimate of drug-likeness (QED) is 0.648. The summed E-state index contributed by atoms with van der Waals surface area (Å²) in [5, 5.41) is 0. The third kappa shape index (κ3) is 2.39. The number of fused-ring (bicyclic) bond motifs is 5. The molecule has 4 heteroatoms. The Balaban J connectivity index is 1.74. The molecular weight excluding hydrogens is 352 g/mol. The van der Waals surface area contributed by atoms with Crippen LogP contribution in [0.2, 0.25) is 0 Å². The minimum atomic E-state index is -0.992. The Morgan fingerprint density at radius 3 is 2.43 bits per heavy atom. The molecule has 0 bridgehead atoms. The van der Waals surface area contributed by atoms with Crippen molar-refractivity contribution in [3.8, 4) is 0 Å². The lowest BCUT2D eigenvalue weighted by Gasteiger charge is -2.59. The van der Waals surface area contributed by atoms with Gasteiger partial charge in [-0.1, -0.05) is 26.3 Å². The third-order valence-electron chi connectivity index (χ3n) is 9.33. The van der Waals surface area contributed by atoms with Crippen LogP contribution in [0, 0.1) is 34.5 Å². The van der Waals surface area contributed by atoms with E-state index in [1.807, 2.05) is 6.08 Å². The van der Waals surface area contributed by atoms with Crippen molar-refractivity contribution >= 4 is 17.5 Å². The number of ether oxygens (including phenoxy) is 1. The Bertz CT molecular complexity index is 767. The first-order valence-electron chi connectivity index (χ1n) is 11.0. The van der Waals surface area contributed by atoms with Gasteiger partial charge < -0.3 is 4.74 Å². The normalized spacial score (nSPS) is 47.5. The first-order valence-corrected chi connectivity index (χ1v) is 11.0. The lowest BCUT2D eigenvalue weighted by Crippen LogP contribution is -2.60. The molecule has 0 aliphatic heterocycles. The molecule has 0 aromatic carbocycles. The fourth-order valence-electron chi connectivity index (χ4n) is 8.15. The van der Waals surface area contributed by atoms with E-state index < -0.39 is 5.60 Å². The van der Waals surface area contributed by atoms with Gasteiger partial charge in [-0.25, -0.2) is 0 Å². The first-order chi connectivity index (χ1) is 13.1. The Hall–Kier alpha value is -1.45. The number of hydrogen-bond acceptors (Lipinski definition) is 4. The zero-order chi connectivity index (χ0) is 20.5. The first kappa shape index (κ1) is 19.8. The van der Waals surface area contributed by atoms with Crippen LogP contribution in [0.4, 0.5) is 0 Å². The van der Waals surface area contributed by atoms with Crippen molar-refractivity contribution in [2.75, 3.05) is 0 Å². The van der Waals surface area contributed by atoms with Crippen molar-refractivity contribution in [1.82, 2.24) is 0 Å². The van der Waals surface area contributed by atoms with Gasteiger partial charge in [0.2, 0.25) is 0 Å². The molecule has 0 heterocycles. The molecule has 3 saturated carbocycles. The Kier molecular flexibility index (Phi) is 4.45. The molecule has 0 aromatic heterocycles. The maximum Gasteiger partial charge on any atom is 0.303 e. The van der Waals surface area contributed by atoms with Gasteiger partial charge >= 0.3 is 5.97 Å². The Morgan fingerprint density at radius 2 is 1.79 bits per heavy atom. The summed E-state index contributed by atoms with van der Waals surface area (Å²) in [6, 6.07) is 0. The third-order valence-corrected chi connectivity index (χ3v) is 9.33. The van der Waals surface area contributed by atoms with Crippen LogP contribution >= 0.6 is 0 Å². The summed E-state index contributed by atoms with van der Waals surface area (Å²) in [5.74, 6) is 1.47. The SMILES string of the molecule is CC(=O)O[C@]1(C(C)=O)[C@@H](C)C[C@H]2[C@@H]3CCC4=CC(=O)CC[C@]4(C)[C@H]3CC[C@@]21C. The largest absolute Gasteiger partial charge is 0.450 e. The number of rotatable bonds is 2. The number of hydrogen-bond donors (Lipinski definition) is 0. The highest BCUT2D eigenvalue weighted by atomic mass is 16.6. The number of esters is 1. The highest BCUT2D eigenvalue weighted by Gasteiger charge is 2.70. The Morgan fingerprint density at radius 1 is 1.07 bits per heavy atom. The molecule has 0 amide bonds. The zero-order valence-corrected chi connectivity index (χ0v) is 18.0. The Labute approximate surface area is 168 Å². The zero-order valence-electron chi connectivity index (χ0n) is 18.0. The molecule has 28 heavy (non-hydrogen) atoms. The van der Waals surface area contributed by atoms with Crippen LogP contribution in [0.25, 0.3) is 0 Å². The second-order valence-electron chi connectivity index (χ2n) is 10.4. The summed E-state index contributed by atoms with van der Waals surface area (Å²) in [6.45, 7) is 9.71. The van der Waals surface area contributed by atoms with Crippen molar-refractivity contribution in [2.45, 2.75) is 85.2 Å². The lowest BCUT2D eigenvalue weighted by atomic mass is 9.46. The summed E-state index contributed by atoms with van der Waals surface area (Å²) in [7, 11) is 0. The standard InChI is InChI=1S/C24H34O4/c1-14-12-21-19-7-6-17-13-18(27)8-10-22(17,4)20(19)9-11-23(21,5)24(14,15(2)25)28-16(3)26/h13-14,19-21H,6-12H2,1-5H3/t14-,19+,20-,21-,22-,23-,24-/m0/s1. The molecule has 4 nitrogen and oxygen atoms in total. The topological polar surface area (TPSA) is 60.4 Å². The van der Waals surface area contributed by atoms with Gasteiger partial charge in [0.1, 0.15) is 0 Å². The van der Waals surface area contributed by atoms with Crippen LogP contribution in [0.3, 0.4) is 0 Å². The van der Waals surface area contributed by atoms with Crippen molar-refractivity contribution in [2.24, 2.45) is 34.5 Å². The highest BCUT2D eigenvalue weighted by Crippen LogP contribution is 2.69. The van der Waals surface area contributed by atoms with Gasteiger partial charge in [-0.15, -0.1) is 0 Å². The van der Waals surface area contributed by atoms with E-state index in [9.17, 15) is 14.4 Å². The average molecular weight is 387 g/mol. The van der Waals surface area contributed by atoms with Gasteiger partial charge in [0.25, 0.3) is 0 Å². The van der Waals surface area contributed by atoms with E-state index in [2.05, 4.69) is 20.8 Å². The van der Waals surface area contributed by atoms with E-state index in [0.717, 1.165) is 38.5 Å². The smallest absolute Gasteiger partial charge is 0.303 e.